The second-order valence-corrected chi connectivity index (χ2v) is 9.33. The van der Waals surface area contributed by atoms with Crippen LogP contribution in [0.1, 0.15) is 17.3 Å². The first-order valence-corrected chi connectivity index (χ1v) is 12.7. The first-order valence-electron chi connectivity index (χ1n) is 12.7. The Morgan fingerprint density at radius 3 is 2.37 bits per heavy atom. The van der Waals surface area contributed by atoms with Crippen LogP contribution in [0.25, 0.3) is 0 Å². The van der Waals surface area contributed by atoms with E-state index in [2.05, 4.69) is 44.1 Å². The van der Waals surface area contributed by atoms with Gasteiger partial charge in [-0.3, -0.25) is 15.3 Å². The predicted octanol–water partition coefficient (Wildman–Crippen LogP) is 2.40. The van der Waals surface area contributed by atoms with Crippen molar-refractivity contribution in [3.05, 3.63) is 120 Å². The van der Waals surface area contributed by atoms with E-state index in [0.29, 0.717) is 5.84 Å². The molecule has 0 radical (unpaired) electrons. The highest BCUT2D eigenvalue weighted by molar-refractivity contribution is 6.50. The first-order chi connectivity index (χ1) is 18.8. The third kappa shape index (κ3) is 4.28. The Hall–Kier alpha value is -4.91. The molecule has 0 aromatic heterocycles. The third-order valence-corrected chi connectivity index (χ3v) is 6.82. The molecule has 2 aromatic rings. The van der Waals surface area contributed by atoms with Crippen LogP contribution in [0.15, 0.2) is 129 Å². The van der Waals surface area contributed by atoms with Gasteiger partial charge in [-0.05, 0) is 29.9 Å². The Morgan fingerprint density at radius 2 is 1.63 bits per heavy atom. The molecule has 4 unspecified atom stereocenters. The maximum atomic E-state index is 5.04. The molecule has 0 bridgehead atoms. The predicted molar refractivity (Wildman–Crippen MR) is 154 cm³/mol. The van der Waals surface area contributed by atoms with Gasteiger partial charge in [-0.15, -0.1) is 0 Å². The van der Waals surface area contributed by atoms with Gasteiger partial charge in [0.15, 0.2) is 12.2 Å². The minimum absolute atomic E-state index is 0.0523. The zero-order chi connectivity index (χ0) is 25.3. The maximum absolute atomic E-state index is 5.04. The molecule has 8 nitrogen and oxygen atoms in total. The van der Waals surface area contributed by atoms with Gasteiger partial charge in [0.1, 0.15) is 12.0 Å². The van der Waals surface area contributed by atoms with E-state index in [1.54, 1.807) is 0 Å². The molecule has 5 aliphatic heterocycles. The van der Waals surface area contributed by atoms with Gasteiger partial charge in [-0.2, -0.15) is 0 Å². The van der Waals surface area contributed by atoms with E-state index < -0.39 is 6.17 Å². The van der Waals surface area contributed by atoms with Crippen molar-refractivity contribution in [2.45, 2.75) is 24.4 Å². The van der Waals surface area contributed by atoms with Crippen molar-refractivity contribution in [3.63, 3.8) is 0 Å². The summed E-state index contributed by atoms with van der Waals surface area (Å²) in [7, 11) is 0. The Bertz CT molecular complexity index is 1570. The molecule has 4 atom stereocenters. The van der Waals surface area contributed by atoms with Gasteiger partial charge in [0, 0.05) is 30.1 Å². The summed E-state index contributed by atoms with van der Waals surface area (Å²) in [5.41, 5.74) is 5.67. The van der Waals surface area contributed by atoms with Crippen molar-refractivity contribution >= 4 is 35.0 Å². The number of nitrogens with one attached hydrogen (secondary N) is 3. The Kier molecular flexibility index (Phi) is 5.58. The van der Waals surface area contributed by atoms with E-state index in [4.69, 9.17) is 14.7 Å². The fourth-order valence-corrected chi connectivity index (χ4v) is 4.82. The highest BCUT2D eigenvalue weighted by Crippen LogP contribution is 2.24. The lowest BCUT2D eigenvalue weighted by Gasteiger charge is -2.35. The summed E-state index contributed by atoms with van der Waals surface area (Å²) in [6.07, 6.45) is 15.2. The monoisotopic (exact) mass is 497 g/mol. The second kappa shape index (κ2) is 9.52. The van der Waals surface area contributed by atoms with Gasteiger partial charge in [0.25, 0.3) is 0 Å². The molecular weight excluding hydrogens is 472 g/mol. The fraction of sp³-hybridized carbons (Fsp3) is 0.133. The molecule has 8 heteroatoms. The van der Waals surface area contributed by atoms with Crippen molar-refractivity contribution in [3.8, 4) is 0 Å². The normalized spacial score (nSPS) is 26.8. The van der Waals surface area contributed by atoms with Crippen LogP contribution in [0.4, 0.5) is 0 Å². The summed E-state index contributed by atoms with van der Waals surface area (Å²) in [6.45, 7) is 0. The Morgan fingerprint density at radius 1 is 0.842 bits per heavy atom. The number of hydrogen-bond acceptors (Lipinski definition) is 7. The second-order valence-electron chi connectivity index (χ2n) is 9.33. The van der Waals surface area contributed by atoms with Gasteiger partial charge in [0.2, 0.25) is 5.84 Å². The molecule has 0 fully saturated rings. The lowest BCUT2D eigenvalue weighted by Crippen LogP contribution is -2.51. The maximum Gasteiger partial charge on any atom is 0.369 e. The molecule has 0 saturated heterocycles. The van der Waals surface area contributed by atoms with Crippen LogP contribution in [-0.4, -0.2) is 53.3 Å². The molecule has 184 valence electrons. The van der Waals surface area contributed by atoms with Crippen molar-refractivity contribution in [2.24, 2.45) is 20.0 Å². The van der Waals surface area contributed by atoms with Crippen LogP contribution in [0.5, 0.6) is 0 Å². The van der Waals surface area contributed by atoms with Crippen LogP contribution in [-0.2, 0) is 0 Å². The number of hydrogen-bond donors (Lipinski definition) is 3. The van der Waals surface area contributed by atoms with Crippen LogP contribution >= 0.6 is 0 Å². The summed E-state index contributed by atoms with van der Waals surface area (Å²) >= 11 is 0. The van der Waals surface area contributed by atoms with E-state index in [1.807, 2.05) is 91.3 Å². The SMILES string of the molecule is C1=CC(C2=[N+]=C(C3=NC(C4=CC(C5=NC=C5)NC(c5ccccc5)N4)N=C(c4ccccc4)N3)C=C2)N=C1. The first kappa shape index (κ1) is 22.3. The van der Waals surface area contributed by atoms with Crippen LogP contribution in [0.3, 0.4) is 0 Å². The molecule has 38 heavy (non-hydrogen) atoms. The Balaban J connectivity index is 1.29. The van der Waals surface area contributed by atoms with Crippen LogP contribution < -0.4 is 20.6 Å². The van der Waals surface area contributed by atoms with Gasteiger partial charge < -0.3 is 10.6 Å². The largest absolute Gasteiger partial charge is 0.369 e. The molecule has 0 spiro atoms. The molecule has 7 rings (SSSR count). The summed E-state index contributed by atoms with van der Waals surface area (Å²) in [6, 6.07) is 20.3. The number of allylic oxidation sites excluding steroid dienone is 1. The molecule has 0 aliphatic carbocycles. The molecule has 5 aliphatic rings. The highest BCUT2D eigenvalue weighted by Gasteiger charge is 2.34. The van der Waals surface area contributed by atoms with Crippen molar-refractivity contribution < 1.29 is 0 Å². The zero-order valence-electron chi connectivity index (χ0n) is 20.4. The number of nitrogens with zero attached hydrogens (tertiary/aromatic N) is 5. The highest BCUT2D eigenvalue weighted by atomic mass is 15.3. The van der Waals surface area contributed by atoms with Gasteiger partial charge in [-0.25, -0.2) is 9.98 Å². The number of aliphatic imine (C=N–C) groups is 4. The lowest BCUT2D eigenvalue weighted by molar-refractivity contribution is 0.433. The molecule has 0 amide bonds. The van der Waals surface area contributed by atoms with E-state index in [1.165, 1.54) is 0 Å². The van der Waals surface area contributed by atoms with Crippen molar-refractivity contribution in [1.29, 1.82) is 0 Å². The molecular formula is C30H25N8+. The molecule has 2 aromatic carbocycles. The van der Waals surface area contributed by atoms with E-state index in [0.717, 1.165) is 39.8 Å². The molecule has 5 heterocycles. The minimum atomic E-state index is -0.480. The van der Waals surface area contributed by atoms with Crippen molar-refractivity contribution in [1.82, 2.24) is 20.6 Å². The number of amidine groups is 2. The average molecular weight is 498 g/mol. The lowest BCUT2D eigenvalue weighted by atomic mass is 10.0. The molecule has 0 saturated carbocycles. The van der Waals surface area contributed by atoms with Gasteiger partial charge >= 0.3 is 11.4 Å². The Labute approximate surface area is 220 Å². The number of benzene rings is 2. The van der Waals surface area contributed by atoms with Crippen molar-refractivity contribution in [2.75, 3.05) is 0 Å². The van der Waals surface area contributed by atoms with Crippen LogP contribution in [0.2, 0.25) is 0 Å². The third-order valence-electron chi connectivity index (χ3n) is 6.82. The minimum Gasteiger partial charge on any atom is -0.366 e. The zero-order valence-corrected chi connectivity index (χ0v) is 20.4. The van der Waals surface area contributed by atoms with E-state index in [-0.39, 0.29) is 18.2 Å². The number of rotatable bonds is 6. The quantitative estimate of drug-likeness (QED) is 0.535. The summed E-state index contributed by atoms with van der Waals surface area (Å²) in [5.74, 6) is 1.43. The summed E-state index contributed by atoms with van der Waals surface area (Å²) < 4.78 is 4.86. The smallest absolute Gasteiger partial charge is 0.366 e. The van der Waals surface area contributed by atoms with Gasteiger partial charge in [0.05, 0.1) is 17.5 Å². The topological polar surface area (TPSA) is 99.6 Å². The fourth-order valence-electron chi connectivity index (χ4n) is 4.82. The van der Waals surface area contributed by atoms with E-state index >= 15 is 0 Å². The van der Waals surface area contributed by atoms with Crippen LogP contribution in [0, 0.1) is 0 Å². The van der Waals surface area contributed by atoms with E-state index in [9.17, 15) is 0 Å². The van der Waals surface area contributed by atoms with Gasteiger partial charge in [-0.1, -0.05) is 65.3 Å². The standard InChI is InChI=1S/C30H25N8/c1-3-8-19(9-4-1)27-34-25(22-15-17-32-22)18-26(35-27)30-37-28(20-10-5-2-6-11-20)36-29(38-30)24-14-13-23(33-24)21-12-7-16-31-21/h1-18,21,25,27,30,34-35H,(H,36,37,38)/q+1. The average Bonchev–Trinajstić information content (AvgIpc) is 3.66. The summed E-state index contributed by atoms with van der Waals surface area (Å²) in [5, 5.41) is 10.7. The summed E-state index contributed by atoms with van der Waals surface area (Å²) in [4.78, 5) is 19.0. The molecule has 3 N–H and O–H groups in total.